The molecule has 0 N–H and O–H groups in total. The van der Waals surface area contributed by atoms with Crippen molar-refractivity contribution in [3.8, 4) is 5.88 Å². The van der Waals surface area contributed by atoms with Crippen LogP contribution in [0.4, 0.5) is 0 Å². The smallest absolute Gasteiger partial charge is 0.344 e. The van der Waals surface area contributed by atoms with E-state index >= 15 is 0 Å². The summed E-state index contributed by atoms with van der Waals surface area (Å²) >= 11 is 6.42. The van der Waals surface area contributed by atoms with Crippen LogP contribution in [0.1, 0.15) is 44.3 Å². The summed E-state index contributed by atoms with van der Waals surface area (Å²) in [7, 11) is -1.98. The van der Waals surface area contributed by atoms with E-state index in [1.54, 1.807) is 58.2 Å². The lowest BCUT2D eigenvalue weighted by atomic mass is 10.0. The first-order valence-electron chi connectivity index (χ1n) is 9.44. The lowest BCUT2D eigenvalue weighted by Gasteiger charge is -2.15. The molecule has 0 unspecified atom stereocenters. The van der Waals surface area contributed by atoms with Crippen LogP contribution < -0.4 is 4.74 Å². The topological polar surface area (TPSA) is 95.3 Å². The SMILES string of the molecule is CCS(=O)(=O)c1c(C)cc(C(=O)c2cnn(C)c2OC(=O)c2ccccc2)c(Cl)c1C. The molecule has 7 nitrogen and oxygen atoms in total. The first kappa shape index (κ1) is 22.7. The molecule has 0 spiro atoms. The molecule has 2 aromatic carbocycles. The minimum Gasteiger partial charge on any atom is -0.403 e. The third-order valence-electron chi connectivity index (χ3n) is 4.89. The largest absolute Gasteiger partial charge is 0.403 e. The Balaban J connectivity index is 2.05. The zero-order valence-corrected chi connectivity index (χ0v) is 19.0. The number of sulfone groups is 1. The van der Waals surface area contributed by atoms with Gasteiger partial charge in [0.1, 0.15) is 5.56 Å². The molecule has 0 radical (unpaired) electrons. The van der Waals surface area contributed by atoms with Crippen LogP contribution in [-0.2, 0) is 16.9 Å². The quantitative estimate of drug-likeness (QED) is 0.408. The average Bonchev–Trinajstić information content (AvgIpc) is 3.10. The molecule has 0 aliphatic rings. The van der Waals surface area contributed by atoms with Crippen molar-refractivity contribution in [1.82, 2.24) is 9.78 Å². The molecule has 0 saturated heterocycles. The summed E-state index contributed by atoms with van der Waals surface area (Å²) in [5, 5.41) is 4.07. The van der Waals surface area contributed by atoms with Crippen LogP contribution in [0, 0.1) is 13.8 Å². The second-order valence-corrected chi connectivity index (χ2v) is 9.58. The Labute approximate surface area is 185 Å². The van der Waals surface area contributed by atoms with Gasteiger partial charge in [-0.05, 0) is 43.2 Å². The van der Waals surface area contributed by atoms with E-state index in [0.29, 0.717) is 16.7 Å². The van der Waals surface area contributed by atoms with Crippen molar-refractivity contribution in [3.63, 3.8) is 0 Å². The van der Waals surface area contributed by atoms with Crippen LogP contribution in [-0.4, -0.2) is 35.7 Å². The van der Waals surface area contributed by atoms with E-state index in [-0.39, 0.29) is 32.7 Å². The Kier molecular flexibility index (Phi) is 6.33. The average molecular weight is 461 g/mol. The Morgan fingerprint density at radius 3 is 2.39 bits per heavy atom. The molecule has 0 amide bonds. The minimum absolute atomic E-state index is 0.0320. The summed E-state index contributed by atoms with van der Waals surface area (Å²) < 4.78 is 31.6. The molecule has 1 heterocycles. The number of halogens is 1. The zero-order valence-electron chi connectivity index (χ0n) is 17.5. The second kappa shape index (κ2) is 8.64. The molecule has 0 aliphatic carbocycles. The molecule has 0 fully saturated rings. The maximum Gasteiger partial charge on any atom is 0.344 e. The molecule has 3 aromatic rings. The van der Waals surface area contributed by atoms with Crippen LogP contribution in [0.3, 0.4) is 0 Å². The Bertz CT molecular complexity index is 1280. The van der Waals surface area contributed by atoms with Crippen LogP contribution >= 0.6 is 11.6 Å². The third kappa shape index (κ3) is 4.26. The zero-order chi connectivity index (χ0) is 22.9. The van der Waals surface area contributed by atoms with Crippen molar-refractivity contribution in [2.45, 2.75) is 25.7 Å². The number of ketones is 1. The number of aryl methyl sites for hydroxylation is 2. The molecule has 3 rings (SSSR count). The van der Waals surface area contributed by atoms with E-state index in [2.05, 4.69) is 5.10 Å². The van der Waals surface area contributed by atoms with Crippen molar-refractivity contribution in [3.05, 3.63) is 75.4 Å². The van der Waals surface area contributed by atoms with Gasteiger partial charge in [0.2, 0.25) is 11.7 Å². The number of aromatic nitrogens is 2. The summed E-state index contributed by atoms with van der Waals surface area (Å²) in [5.74, 6) is -1.28. The highest BCUT2D eigenvalue weighted by molar-refractivity contribution is 7.91. The van der Waals surface area contributed by atoms with Gasteiger partial charge in [0.05, 0.1) is 27.4 Å². The van der Waals surface area contributed by atoms with Crippen LogP contribution in [0.15, 0.2) is 47.5 Å². The molecule has 0 bridgehead atoms. The van der Waals surface area contributed by atoms with E-state index < -0.39 is 21.6 Å². The Hall–Kier alpha value is -2.97. The van der Waals surface area contributed by atoms with Crippen LogP contribution in [0.25, 0.3) is 0 Å². The molecular formula is C22H21ClN2O5S. The fraction of sp³-hybridized carbons (Fsp3) is 0.227. The van der Waals surface area contributed by atoms with Gasteiger partial charge in [-0.15, -0.1) is 0 Å². The van der Waals surface area contributed by atoms with Crippen molar-refractivity contribution in [2.75, 3.05) is 5.75 Å². The molecule has 0 saturated carbocycles. The van der Waals surface area contributed by atoms with Gasteiger partial charge in [-0.3, -0.25) is 4.79 Å². The van der Waals surface area contributed by atoms with Crippen molar-refractivity contribution >= 4 is 33.2 Å². The van der Waals surface area contributed by atoms with Gasteiger partial charge in [-0.1, -0.05) is 36.7 Å². The first-order valence-corrected chi connectivity index (χ1v) is 11.5. The van der Waals surface area contributed by atoms with E-state index in [1.807, 2.05) is 0 Å². The van der Waals surface area contributed by atoms with Gasteiger partial charge in [0, 0.05) is 12.6 Å². The third-order valence-corrected chi connectivity index (χ3v) is 7.39. The maximum atomic E-state index is 13.3. The summed E-state index contributed by atoms with van der Waals surface area (Å²) in [6, 6.07) is 9.79. The minimum atomic E-state index is -3.52. The number of hydrogen-bond donors (Lipinski definition) is 0. The molecule has 31 heavy (non-hydrogen) atoms. The number of carbonyl (C=O) groups is 2. The molecule has 1 aromatic heterocycles. The highest BCUT2D eigenvalue weighted by Crippen LogP contribution is 2.33. The predicted octanol–water partition coefficient (Wildman–Crippen LogP) is 3.93. The van der Waals surface area contributed by atoms with Gasteiger partial charge < -0.3 is 4.74 Å². The summed E-state index contributed by atoms with van der Waals surface area (Å²) in [6.45, 7) is 4.72. The van der Waals surface area contributed by atoms with Gasteiger partial charge >= 0.3 is 5.97 Å². The lowest BCUT2D eigenvalue weighted by molar-refractivity contribution is 0.0718. The molecular weight excluding hydrogens is 440 g/mol. The number of esters is 1. The van der Waals surface area contributed by atoms with Gasteiger partial charge in [0.25, 0.3) is 0 Å². The second-order valence-electron chi connectivity index (χ2n) is 6.98. The number of carbonyl (C=O) groups excluding carboxylic acids is 2. The van der Waals surface area contributed by atoms with Gasteiger partial charge in [0.15, 0.2) is 9.84 Å². The number of nitrogens with zero attached hydrogens (tertiary/aromatic N) is 2. The number of ether oxygens (including phenoxy) is 1. The predicted molar refractivity (Wildman–Crippen MR) is 117 cm³/mol. The summed E-state index contributed by atoms with van der Waals surface area (Å²) in [4.78, 5) is 25.9. The van der Waals surface area contributed by atoms with Crippen LogP contribution in [0.2, 0.25) is 5.02 Å². The normalized spacial score (nSPS) is 11.4. The van der Waals surface area contributed by atoms with Crippen molar-refractivity contribution in [2.24, 2.45) is 7.05 Å². The molecule has 0 aliphatic heterocycles. The molecule has 162 valence electrons. The van der Waals surface area contributed by atoms with Gasteiger partial charge in [-0.25, -0.2) is 17.9 Å². The maximum absolute atomic E-state index is 13.3. The van der Waals surface area contributed by atoms with Crippen molar-refractivity contribution < 1.29 is 22.7 Å². The lowest BCUT2D eigenvalue weighted by Crippen LogP contribution is -2.15. The van der Waals surface area contributed by atoms with E-state index in [9.17, 15) is 18.0 Å². The van der Waals surface area contributed by atoms with Crippen LogP contribution in [0.5, 0.6) is 5.88 Å². The van der Waals surface area contributed by atoms with Gasteiger partial charge in [-0.2, -0.15) is 5.10 Å². The number of rotatable bonds is 6. The van der Waals surface area contributed by atoms with E-state index in [1.165, 1.54) is 16.9 Å². The fourth-order valence-electron chi connectivity index (χ4n) is 3.30. The highest BCUT2D eigenvalue weighted by Gasteiger charge is 2.28. The first-order chi connectivity index (χ1) is 14.6. The standard InChI is InChI=1S/C22H21ClN2O5S/c1-5-31(28,29)20-13(2)11-16(18(23)14(20)3)19(26)17-12-24-25(4)21(17)30-22(27)15-9-7-6-8-10-15/h6-12H,5H2,1-4H3. The van der Waals surface area contributed by atoms with Crippen molar-refractivity contribution in [1.29, 1.82) is 0 Å². The summed E-state index contributed by atoms with van der Waals surface area (Å²) in [5.41, 5.74) is 1.19. The number of hydrogen-bond acceptors (Lipinski definition) is 6. The molecule has 0 atom stereocenters. The fourth-order valence-corrected chi connectivity index (χ4v) is 5.00. The van der Waals surface area contributed by atoms with E-state index in [0.717, 1.165) is 0 Å². The number of benzene rings is 2. The Morgan fingerprint density at radius 1 is 1.13 bits per heavy atom. The van der Waals surface area contributed by atoms with E-state index in [4.69, 9.17) is 16.3 Å². The summed E-state index contributed by atoms with van der Waals surface area (Å²) in [6.07, 6.45) is 1.29. The Morgan fingerprint density at radius 2 is 1.77 bits per heavy atom. The monoisotopic (exact) mass is 460 g/mol. The highest BCUT2D eigenvalue weighted by atomic mass is 35.5. The molecule has 9 heteroatoms.